The van der Waals surface area contributed by atoms with Gasteiger partial charge in [-0.15, -0.1) is 0 Å². The van der Waals surface area contributed by atoms with Crippen LogP contribution in [-0.2, 0) is 16.1 Å². The zero-order chi connectivity index (χ0) is 15.3. The highest BCUT2D eigenvalue weighted by atomic mass is 16.6. The fourth-order valence-corrected chi connectivity index (χ4v) is 1.38. The maximum Gasteiger partial charge on any atom is 0.331 e. The first-order chi connectivity index (χ1) is 9.32. The molecule has 0 fully saturated rings. The molecule has 0 heterocycles. The second-order valence-electron chi connectivity index (χ2n) is 4.16. The molecule has 2 N–H and O–H groups in total. The van der Waals surface area contributed by atoms with E-state index in [1.807, 2.05) is 0 Å². The van der Waals surface area contributed by atoms with Crippen molar-refractivity contribution in [1.82, 2.24) is 5.32 Å². The summed E-state index contributed by atoms with van der Waals surface area (Å²) in [6.07, 6.45) is 0. The molecule has 0 saturated heterocycles. The van der Waals surface area contributed by atoms with E-state index in [1.165, 1.54) is 38.1 Å². The van der Waals surface area contributed by atoms with Gasteiger partial charge in [0.2, 0.25) is 5.91 Å². The smallest absolute Gasteiger partial charge is 0.331 e. The third-order valence-corrected chi connectivity index (χ3v) is 2.82. The number of benzene rings is 1. The summed E-state index contributed by atoms with van der Waals surface area (Å²) < 4.78 is 0. The van der Waals surface area contributed by atoms with Crippen molar-refractivity contribution in [2.24, 2.45) is 0 Å². The molecule has 7 nitrogen and oxygen atoms in total. The third-order valence-electron chi connectivity index (χ3n) is 2.82. The number of nitrogens with one attached hydrogen (secondary N) is 1. The molecule has 20 heavy (non-hydrogen) atoms. The van der Waals surface area contributed by atoms with Crippen LogP contribution < -0.4 is 5.32 Å². The Hall–Kier alpha value is -2.70. The van der Waals surface area contributed by atoms with Gasteiger partial charge in [0.05, 0.1) is 4.92 Å². The van der Waals surface area contributed by atoms with Gasteiger partial charge in [-0.2, -0.15) is 0 Å². The van der Waals surface area contributed by atoms with Crippen molar-refractivity contribution < 1.29 is 19.6 Å². The third kappa shape index (κ3) is 3.91. The van der Waals surface area contributed by atoms with E-state index in [9.17, 15) is 19.7 Å². The van der Waals surface area contributed by atoms with E-state index < -0.39 is 16.8 Å². The van der Waals surface area contributed by atoms with E-state index in [1.54, 1.807) is 0 Å². The number of rotatable bonds is 5. The topological polar surface area (TPSA) is 110 Å². The number of nitrogens with zero attached hydrogens (tertiary/aromatic N) is 1. The van der Waals surface area contributed by atoms with Crippen LogP contribution in [0.2, 0.25) is 0 Å². The lowest BCUT2D eigenvalue weighted by molar-refractivity contribution is -0.384. The molecule has 1 aromatic carbocycles. The molecule has 0 atom stereocenters. The maximum absolute atomic E-state index is 11.7. The normalized spacial score (nSPS) is 11.5. The molecule has 0 unspecified atom stereocenters. The fraction of sp³-hybridized carbons (Fsp3) is 0.231. The quantitative estimate of drug-likeness (QED) is 0.483. The number of carbonyl (C=O) groups is 2. The van der Waals surface area contributed by atoms with Crippen LogP contribution >= 0.6 is 0 Å². The van der Waals surface area contributed by atoms with Crippen LogP contribution in [0.4, 0.5) is 5.69 Å². The summed E-state index contributed by atoms with van der Waals surface area (Å²) in [5, 5.41) is 21.8. The van der Waals surface area contributed by atoms with Crippen LogP contribution in [0.3, 0.4) is 0 Å². The number of nitro groups is 1. The summed E-state index contributed by atoms with van der Waals surface area (Å²) in [6.45, 7) is 2.94. The molecule has 0 aromatic heterocycles. The first-order valence-electron chi connectivity index (χ1n) is 5.75. The molecular formula is C13H14N2O5. The zero-order valence-electron chi connectivity index (χ0n) is 11.0. The summed E-state index contributed by atoms with van der Waals surface area (Å²) in [7, 11) is 0. The number of amides is 1. The van der Waals surface area contributed by atoms with E-state index >= 15 is 0 Å². The van der Waals surface area contributed by atoms with Crippen molar-refractivity contribution in [3.05, 3.63) is 51.1 Å². The predicted octanol–water partition coefficient (Wildman–Crippen LogP) is 1.63. The van der Waals surface area contributed by atoms with Crippen molar-refractivity contribution in [1.29, 1.82) is 0 Å². The Kier molecular flexibility index (Phi) is 4.96. The highest BCUT2D eigenvalue weighted by Gasteiger charge is 2.12. The van der Waals surface area contributed by atoms with Crippen molar-refractivity contribution >= 4 is 17.6 Å². The highest BCUT2D eigenvalue weighted by molar-refractivity contribution is 6.01. The summed E-state index contributed by atoms with van der Waals surface area (Å²) in [5.74, 6) is -1.63. The first-order valence-corrected chi connectivity index (χ1v) is 5.75. The van der Waals surface area contributed by atoms with Crippen molar-refractivity contribution in [3.8, 4) is 0 Å². The Balaban J connectivity index is 2.68. The minimum atomic E-state index is -1.15. The van der Waals surface area contributed by atoms with Crippen LogP contribution in [0.1, 0.15) is 19.4 Å². The Morgan fingerprint density at radius 1 is 1.20 bits per heavy atom. The van der Waals surface area contributed by atoms with Gasteiger partial charge in [-0.1, -0.05) is 12.1 Å². The Morgan fingerprint density at radius 3 is 2.20 bits per heavy atom. The number of carboxylic acid groups (broad SMARTS) is 1. The summed E-state index contributed by atoms with van der Waals surface area (Å²) in [5.41, 5.74) is 0.758. The molecule has 1 amide bonds. The number of hydrogen-bond acceptors (Lipinski definition) is 4. The van der Waals surface area contributed by atoms with Crippen LogP contribution in [0.5, 0.6) is 0 Å². The maximum atomic E-state index is 11.7. The molecule has 0 saturated carbocycles. The first kappa shape index (κ1) is 15.4. The lowest BCUT2D eigenvalue weighted by Crippen LogP contribution is -2.25. The van der Waals surface area contributed by atoms with Crippen molar-refractivity contribution in [2.75, 3.05) is 0 Å². The Labute approximate surface area is 115 Å². The average Bonchev–Trinajstić information content (AvgIpc) is 2.43. The molecule has 7 heteroatoms. The molecule has 0 aliphatic heterocycles. The SMILES string of the molecule is CC(C(=O)O)=C(C)C(=O)NCc1ccc([N+](=O)[O-])cc1. The van der Waals surface area contributed by atoms with Gasteiger partial charge in [0, 0.05) is 29.8 Å². The number of carboxylic acids is 1. The Morgan fingerprint density at radius 2 is 1.75 bits per heavy atom. The van der Waals surface area contributed by atoms with Gasteiger partial charge in [0.15, 0.2) is 0 Å². The van der Waals surface area contributed by atoms with Gasteiger partial charge in [-0.05, 0) is 19.4 Å². The van der Waals surface area contributed by atoms with E-state index in [-0.39, 0.29) is 23.4 Å². The second-order valence-corrected chi connectivity index (χ2v) is 4.16. The predicted molar refractivity (Wildman–Crippen MR) is 71.0 cm³/mol. The lowest BCUT2D eigenvalue weighted by Gasteiger charge is -2.07. The summed E-state index contributed by atoms with van der Waals surface area (Å²) >= 11 is 0. The lowest BCUT2D eigenvalue weighted by atomic mass is 10.1. The number of non-ortho nitro benzene ring substituents is 1. The second kappa shape index (κ2) is 6.46. The average molecular weight is 278 g/mol. The number of hydrogen-bond donors (Lipinski definition) is 2. The van der Waals surface area contributed by atoms with Gasteiger partial charge in [-0.3, -0.25) is 14.9 Å². The largest absolute Gasteiger partial charge is 0.478 e. The summed E-state index contributed by atoms with van der Waals surface area (Å²) in [6, 6.07) is 5.74. The van der Waals surface area contributed by atoms with E-state index in [2.05, 4.69) is 5.32 Å². The molecule has 1 aromatic rings. The number of carbonyl (C=O) groups excluding carboxylic acids is 1. The van der Waals surface area contributed by atoms with Crippen LogP contribution in [0, 0.1) is 10.1 Å². The zero-order valence-corrected chi connectivity index (χ0v) is 11.0. The van der Waals surface area contributed by atoms with E-state index in [4.69, 9.17) is 5.11 Å². The van der Waals surface area contributed by atoms with E-state index in [0.717, 1.165) is 0 Å². The minimum Gasteiger partial charge on any atom is -0.478 e. The minimum absolute atomic E-state index is 0.0220. The van der Waals surface area contributed by atoms with Crippen molar-refractivity contribution in [2.45, 2.75) is 20.4 Å². The van der Waals surface area contributed by atoms with Crippen LogP contribution in [-0.4, -0.2) is 21.9 Å². The Bertz CT molecular complexity index is 575. The van der Waals surface area contributed by atoms with Crippen LogP contribution in [0.25, 0.3) is 0 Å². The van der Waals surface area contributed by atoms with E-state index in [0.29, 0.717) is 5.56 Å². The molecule has 0 radical (unpaired) electrons. The highest BCUT2D eigenvalue weighted by Crippen LogP contribution is 2.12. The standard InChI is InChI=1S/C13H14N2O5/c1-8(9(2)13(17)18)12(16)14-7-10-3-5-11(6-4-10)15(19)20/h3-6H,7H2,1-2H3,(H,14,16)(H,17,18). The van der Waals surface area contributed by atoms with Gasteiger partial charge in [0.1, 0.15) is 0 Å². The van der Waals surface area contributed by atoms with Gasteiger partial charge in [-0.25, -0.2) is 4.79 Å². The molecule has 1 rings (SSSR count). The number of aliphatic carboxylic acids is 1. The molecule has 0 bridgehead atoms. The fourth-order valence-electron chi connectivity index (χ4n) is 1.38. The summed E-state index contributed by atoms with van der Waals surface area (Å²) in [4.78, 5) is 32.4. The van der Waals surface area contributed by atoms with Gasteiger partial charge < -0.3 is 10.4 Å². The number of nitro benzene ring substituents is 1. The molecule has 106 valence electrons. The van der Waals surface area contributed by atoms with Crippen molar-refractivity contribution in [3.63, 3.8) is 0 Å². The van der Waals surface area contributed by atoms with Gasteiger partial charge >= 0.3 is 5.97 Å². The van der Waals surface area contributed by atoms with Crippen LogP contribution in [0.15, 0.2) is 35.4 Å². The molecular weight excluding hydrogens is 264 g/mol. The molecule has 0 aliphatic rings. The molecule has 0 aliphatic carbocycles. The molecule has 0 spiro atoms. The monoisotopic (exact) mass is 278 g/mol. The van der Waals surface area contributed by atoms with Gasteiger partial charge in [0.25, 0.3) is 5.69 Å².